The Morgan fingerprint density at radius 3 is 2.34 bits per heavy atom. The van der Waals surface area contributed by atoms with Gasteiger partial charge in [-0.3, -0.25) is 0 Å². The maximum Gasteiger partial charge on any atom is 0.159 e. The summed E-state index contributed by atoms with van der Waals surface area (Å²) in [5.74, 6) is 0. The maximum atomic E-state index is 6.97. The molecule has 6 aromatic carbocycles. The summed E-state index contributed by atoms with van der Waals surface area (Å²) < 4.78 is 9.37. The van der Waals surface area contributed by atoms with Crippen LogP contribution in [0.3, 0.4) is 0 Å². The molecule has 2 unspecified atom stereocenters. The zero-order valence-corrected chi connectivity index (χ0v) is 32.2. The van der Waals surface area contributed by atoms with Crippen molar-refractivity contribution in [3.63, 3.8) is 0 Å². The van der Waals surface area contributed by atoms with E-state index in [0.29, 0.717) is 0 Å². The predicted octanol–water partition coefficient (Wildman–Crippen LogP) is 13.9. The quantitative estimate of drug-likeness (QED) is 0.165. The number of aromatic nitrogens is 1. The van der Waals surface area contributed by atoms with Crippen LogP contribution < -0.4 is 4.90 Å². The SMILES string of the molecule is C=C/C=C\c1c(C)n(-c2ccccc2)c2cc(-c3cc4c(oc5ccccc54)c4c3C3(C)C=CC=CC3N4c3ccc4c(c3)C(C)(C)c3ccccc3-4)ccc12. The Morgan fingerprint density at radius 2 is 1.48 bits per heavy atom. The molecule has 270 valence electrons. The zero-order valence-electron chi connectivity index (χ0n) is 32.2. The summed E-state index contributed by atoms with van der Waals surface area (Å²) in [6.45, 7) is 13.3. The lowest BCUT2D eigenvalue weighted by atomic mass is 9.73. The Kier molecular flexibility index (Phi) is 6.86. The second kappa shape index (κ2) is 11.7. The standard InChI is InChI=1S/C53H42N2O/c1-6-7-19-37-33(2)54(35-17-9-8-10-18-35)46-30-34(25-27-40(37)46)42-32-43-41-21-12-14-23-47(41)56-51(43)50-49(42)53(5)29-16-15-24-48(53)55(50)36-26-28-39-38-20-11-13-22-44(38)52(3,4)45(39)31-36/h6-32,48H,1H2,2-5H3/b19-7-. The zero-order chi connectivity index (χ0) is 37.9. The van der Waals surface area contributed by atoms with Crippen molar-refractivity contribution in [2.45, 2.75) is 44.6 Å². The lowest BCUT2D eigenvalue weighted by molar-refractivity contribution is 0.551. The van der Waals surface area contributed by atoms with Crippen LogP contribution in [0, 0.1) is 6.92 Å². The van der Waals surface area contributed by atoms with Gasteiger partial charge in [0.05, 0.1) is 17.2 Å². The van der Waals surface area contributed by atoms with Gasteiger partial charge in [-0.1, -0.05) is 142 Å². The van der Waals surface area contributed by atoms with Crippen molar-refractivity contribution in [2.24, 2.45) is 0 Å². The molecule has 0 saturated heterocycles. The monoisotopic (exact) mass is 722 g/mol. The lowest BCUT2D eigenvalue weighted by Crippen LogP contribution is -2.39. The van der Waals surface area contributed by atoms with Gasteiger partial charge >= 0.3 is 0 Å². The van der Waals surface area contributed by atoms with E-state index in [4.69, 9.17) is 4.42 Å². The highest BCUT2D eigenvalue weighted by molar-refractivity contribution is 6.14. The molecule has 0 amide bonds. The van der Waals surface area contributed by atoms with Gasteiger partial charge in [0.25, 0.3) is 0 Å². The van der Waals surface area contributed by atoms with Crippen molar-refractivity contribution >= 4 is 50.3 Å². The van der Waals surface area contributed by atoms with Crippen molar-refractivity contribution in [1.29, 1.82) is 0 Å². The normalized spacial score (nSPS) is 18.9. The van der Waals surface area contributed by atoms with Crippen LogP contribution in [0.5, 0.6) is 0 Å². The molecule has 11 rings (SSSR count). The molecule has 3 nitrogen and oxygen atoms in total. The number of rotatable bonds is 5. The number of hydrogen-bond acceptors (Lipinski definition) is 2. The first-order valence-electron chi connectivity index (χ1n) is 19.7. The summed E-state index contributed by atoms with van der Waals surface area (Å²) in [6.07, 6.45) is 15.3. The Bertz CT molecular complexity index is 3060. The molecular formula is C53H42N2O. The molecule has 56 heavy (non-hydrogen) atoms. The summed E-state index contributed by atoms with van der Waals surface area (Å²) >= 11 is 0. The summed E-state index contributed by atoms with van der Waals surface area (Å²) in [4.78, 5) is 2.58. The van der Waals surface area contributed by atoms with Crippen LogP contribution in [0.2, 0.25) is 0 Å². The van der Waals surface area contributed by atoms with Crippen LogP contribution in [0.25, 0.3) is 66.9 Å². The Morgan fingerprint density at radius 1 is 0.696 bits per heavy atom. The van der Waals surface area contributed by atoms with Gasteiger partial charge in [0.2, 0.25) is 0 Å². The number of benzene rings is 6. The van der Waals surface area contributed by atoms with Gasteiger partial charge in [0.15, 0.2) is 5.58 Å². The second-order valence-corrected chi connectivity index (χ2v) is 16.4. The first-order valence-corrected chi connectivity index (χ1v) is 19.7. The Hall–Kier alpha value is -6.58. The minimum atomic E-state index is -0.339. The van der Waals surface area contributed by atoms with Crippen LogP contribution in [0.4, 0.5) is 11.4 Å². The third kappa shape index (κ3) is 4.34. The number of furan rings is 1. The van der Waals surface area contributed by atoms with E-state index in [2.05, 4.69) is 195 Å². The average Bonchev–Trinajstić information content (AvgIpc) is 3.89. The van der Waals surface area contributed by atoms with Crippen LogP contribution in [-0.4, -0.2) is 10.6 Å². The van der Waals surface area contributed by atoms with Crippen LogP contribution in [0.15, 0.2) is 169 Å². The molecule has 0 saturated carbocycles. The topological polar surface area (TPSA) is 21.3 Å². The van der Waals surface area contributed by atoms with E-state index in [0.717, 1.165) is 33.3 Å². The first-order chi connectivity index (χ1) is 27.3. The van der Waals surface area contributed by atoms with Gasteiger partial charge in [0, 0.05) is 49.6 Å². The molecule has 0 radical (unpaired) electrons. The van der Waals surface area contributed by atoms with Crippen molar-refractivity contribution < 1.29 is 4.42 Å². The molecule has 3 heterocycles. The van der Waals surface area contributed by atoms with Gasteiger partial charge in [-0.05, 0) is 95.3 Å². The second-order valence-electron chi connectivity index (χ2n) is 16.4. The third-order valence-electron chi connectivity index (χ3n) is 13.0. The van der Waals surface area contributed by atoms with Crippen LogP contribution in [-0.2, 0) is 10.8 Å². The predicted molar refractivity (Wildman–Crippen MR) is 236 cm³/mol. The molecule has 2 aromatic heterocycles. The van der Waals surface area contributed by atoms with E-state index in [9.17, 15) is 0 Å². The van der Waals surface area contributed by atoms with Crippen molar-refractivity contribution in [2.75, 3.05) is 4.90 Å². The van der Waals surface area contributed by atoms with Gasteiger partial charge in [-0.2, -0.15) is 0 Å². The number of allylic oxidation sites excluding steroid dienone is 4. The molecule has 0 spiro atoms. The van der Waals surface area contributed by atoms with Gasteiger partial charge in [-0.25, -0.2) is 0 Å². The Labute approximate surface area is 327 Å². The molecule has 0 fully saturated rings. The number of anilines is 2. The van der Waals surface area contributed by atoms with Gasteiger partial charge < -0.3 is 13.9 Å². The van der Waals surface area contributed by atoms with Gasteiger partial charge in [0.1, 0.15) is 5.58 Å². The van der Waals surface area contributed by atoms with E-state index >= 15 is 0 Å². The number of nitrogens with zero attached hydrogens (tertiary/aromatic N) is 2. The molecule has 0 bridgehead atoms. The van der Waals surface area contributed by atoms with Crippen LogP contribution in [0.1, 0.15) is 48.7 Å². The van der Waals surface area contributed by atoms with E-state index in [1.807, 2.05) is 12.2 Å². The minimum Gasteiger partial charge on any atom is -0.454 e. The molecule has 1 aliphatic heterocycles. The summed E-state index contributed by atoms with van der Waals surface area (Å²) in [5.41, 5.74) is 17.6. The minimum absolute atomic E-state index is 0.0415. The number of para-hydroxylation sites is 2. The van der Waals surface area contributed by atoms with Crippen molar-refractivity contribution in [3.8, 4) is 27.9 Å². The maximum absolute atomic E-state index is 6.97. The van der Waals surface area contributed by atoms with Gasteiger partial charge in [-0.15, -0.1) is 0 Å². The molecule has 3 heteroatoms. The summed E-state index contributed by atoms with van der Waals surface area (Å²) in [7, 11) is 0. The lowest BCUT2D eigenvalue weighted by Gasteiger charge is -2.35. The fourth-order valence-electron chi connectivity index (χ4n) is 10.3. The highest BCUT2D eigenvalue weighted by Gasteiger charge is 2.50. The third-order valence-corrected chi connectivity index (χ3v) is 13.0. The first kappa shape index (κ1) is 32.8. The van der Waals surface area contributed by atoms with E-state index in [1.54, 1.807) is 0 Å². The van der Waals surface area contributed by atoms with E-state index < -0.39 is 0 Å². The highest BCUT2D eigenvalue weighted by atomic mass is 16.3. The van der Waals surface area contributed by atoms with E-state index in [-0.39, 0.29) is 16.9 Å². The average molecular weight is 723 g/mol. The van der Waals surface area contributed by atoms with E-state index in [1.165, 1.54) is 66.8 Å². The summed E-state index contributed by atoms with van der Waals surface area (Å²) in [6, 6.07) is 44.7. The number of hydrogen-bond donors (Lipinski definition) is 0. The number of fused-ring (bicyclic) bond motifs is 11. The highest BCUT2D eigenvalue weighted by Crippen LogP contribution is 2.59. The molecular weight excluding hydrogens is 681 g/mol. The van der Waals surface area contributed by atoms with Crippen molar-refractivity contribution in [3.05, 3.63) is 192 Å². The largest absolute Gasteiger partial charge is 0.454 e. The smallest absolute Gasteiger partial charge is 0.159 e. The molecule has 3 aliphatic rings. The fraction of sp³-hybridized carbons (Fsp3) is 0.132. The Balaban J connectivity index is 1.22. The molecule has 8 aromatic rings. The molecule has 2 atom stereocenters. The van der Waals surface area contributed by atoms with Crippen LogP contribution >= 0.6 is 0 Å². The van der Waals surface area contributed by atoms with Crippen molar-refractivity contribution in [1.82, 2.24) is 4.57 Å². The molecule has 0 N–H and O–H groups in total. The summed E-state index contributed by atoms with van der Waals surface area (Å²) in [5, 5.41) is 3.48. The fourth-order valence-corrected chi connectivity index (χ4v) is 10.3. The molecule has 2 aliphatic carbocycles.